The monoisotopic (exact) mass is 375 g/mol. The number of ether oxygens (including phenoxy) is 1. The standard InChI is InChI=1S/C8H18NOS.BrH.Sn/c1-4-9-7-10-6-8(3)11-5-2;;/h8-9H,3-7H2,1-2H3;1H;/q;;+1/p-1. The third-order valence-electron chi connectivity index (χ3n) is 1.47. The summed E-state index contributed by atoms with van der Waals surface area (Å²) < 4.78 is 6.87. The Kier molecular flexibility index (Phi) is 13.0. The van der Waals surface area contributed by atoms with Crippen LogP contribution in [-0.2, 0) is 4.74 Å². The van der Waals surface area contributed by atoms with Gasteiger partial charge >= 0.3 is 103 Å². The predicted molar refractivity (Wildman–Crippen MR) is 65.9 cm³/mol. The van der Waals surface area contributed by atoms with Crippen molar-refractivity contribution in [1.29, 1.82) is 0 Å². The van der Waals surface area contributed by atoms with Crippen LogP contribution >= 0.6 is 24.5 Å². The molecule has 0 heterocycles. The van der Waals surface area contributed by atoms with E-state index in [2.05, 4.69) is 31.9 Å². The van der Waals surface area contributed by atoms with Gasteiger partial charge in [0.15, 0.2) is 0 Å². The normalized spacial score (nSPS) is 13.2. The van der Waals surface area contributed by atoms with Gasteiger partial charge in [0.1, 0.15) is 0 Å². The molecule has 0 rings (SSSR count). The van der Waals surface area contributed by atoms with Crippen LogP contribution < -0.4 is 5.32 Å². The molecule has 0 bridgehead atoms. The van der Waals surface area contributed by atoms with Crippen molar-refractivity contribution in [3.8, 4) is 0 Å². The summed E-state index contributed by atoms with van der Waals surface area (Å²) in [7, 11) is 0. The number of hydrogen-bond donors (Lipinski definition) is 1. The molecule has 0 saturated carbocycles. The van der Waals surface area contributed by atoms with Gasteiger partial charge in [-0.2, -0.15) is 0 Å². The van der Waals surface area contributed by atoms with E-state index in [9.17, 15) is 0 Å². The van der Waals surface area contributed by atoms with Gasteiger partial charge in [-0.15, -0.1) is 0 Å². The summed E-state index contributed by atoms with van der Waals surface area (Å²) in [6.07, 6.45) is 0. The van der Waals surface area contributed by atoms with Gasteiger partial charge in [-0.25, -0.2) is 0 Å². The van der Waals surface area contributed by atoms with E-state index in [4.69, 9.17) is 4.74 Å². The van der Waals surface area contributed by atoms with Crippen LogP contribution in [0, 0.1) is 0 Å². The van der Waals surface area contributed by atoms with E-state index in [-0.39, 0.29) is 18.9 Å². The molecule has 0 aliphatic carbocycles. The van der Waals surface area contributed by atoms with Crippen molar-refractivity contribution in [3.63, 3.8) is 0 Å². The quantitative estimate of drug-likeness (QED) is 0.379. The minimum absolute atomic E-state index is 0.241. The van der Waals surface area contributed by atoms with Crippen LogP contribution in [0.3, 0.4) is 0 Å². The molecular weight excluding hydrogens is 357 g/mol. The van der Waals surface area contributed by atoms with Crippen molar-refractivity contribution in [2.24, 2.45) is 0 Å². The Morgan fingerprint density at radius 3 is 2.85 bits per heavy atom. The Labute approximate surface area is 102 Å². The Balaban J connectivity index is 3.33. The number of halogens is 1. The molecule has 2 radical (unpaired) electrons. The Bertz CT molecular complexity index is 104. The zero-order valence-electron chi connectivity index (χ0n) is 8.31. The average molecular weight is 375 g/mol. The summed E-state index contributed by atoms with van der Waals surface area (Å²) in [5.74, 6) is 1.20. The first-order valence-electron chi connectivity index (χ1n) is 4.58. The van der Waals surface area contributed by atoms with Crippen molar-refractivity contribution in [2.75, 3.05) is 25.6 Å². The maximum absolute atomic E-state index is 5.52. The molecule has 1 unspecified atom stereocenters. The summed E-state index contributed by atoms with van der Waals surface area (Å²) in [5, 5.41) is 3.88. The van der Waals surface area contributed by atoms with Crippen molar-refractivity contribution in [3.05, 3.63) is 0 Å². The van der Waals surface area contributed by atoms with Crippen LogP contribution in [0.2, 0.25) is 4.44 Å². The van der Waals surface area contributed by atoms with Gasteiger partial charge in [0, 0.05) is 0 Å². The van der Waals surface area contributed by atoms with Crippen molar-refractivity contribution < 1.29 is 4.74 Å². The maximum atomic E-state index is 5.52. The fourth-order valence-electron chi connectivity index (χ4n) is 0.852. The van der Waals surface area contributed by atoms with Gasteiger partial charge in [0.05, 0.1) is 0 Å². The number of rotatable bonds is 9. The molecule has 2 nitrogen and oxygen atoms in total. The second-order valence-corrected chi connectivity index (χ2v) is 9.80. The van der Waals surface area contributed by atoms with Crippen LogP contribution in [0.1, 0.15) is 13.8 Å². The van der Waals surface area contributed by atoms with Crippen molar-refractivity contribution >= 4 is 43.4 Å². The molecule has 0 amide bonds. The topological polar surface area (TPSA) is 21.3 Å². The van der Waals surface area contributed by atoms with E-state index < -0.39 is 0 Å². The molecule has 1 N–H and O–H groups in total. The molecule has 0 aromatic rings. The summed E-state index contributed by atoms with van der Waals surface area (Å²) in [5.41, 5.74) is 0. The molecule has 78 valence electrons. The predicted octanol–water partition coefficient (Wildman–Crippen LogP) is 2.12. The molecule has 0 aromatic carbocycles. The second-order valence-electron chi connectivity index (χ2n) is 2.53. The van der Waals surface area contributed by atoms with Crippen LogP contribution in [0.4, 0.5) is 0 Å². The van der Waals surface area contributed by atoms with Gasteiger partial charge in [-0.1, -0.05) is 0 Å². The molecule has 0 fully saturated rings. The van der Waals surface area contributed by atoms with Gasteiger partial charge in [-0.05, 0) is 0 Å². The Hall–Kier alpha value is 1.55. The molecule has 0 saturated heterocycles. The first-order chi connectivity index (χ1) is 6.35. The summed E-state index contributed by atoms with van der Waals surface area (Å²) in [6, 6.07) is 0. The third-order valence-corrected chi connectivity index (χ3v) is 7.44. The number of thioether (sulfide) groups is 1. The van der Waals surface area contributed by atoms with E-state index in [1.807, 2.05) is 11.8 Å². The first-order valence-corrected chi connectivity index (χ1v) is 14.0. The van der Waals surface area contributed by atoms with Crippen LogP contribution in [0.15, 0.2) is 0 Å². The molecular formula is C8H18BrNOSSn. The molecule has 0 spiro atoms. The fourth-order valence-corrected chi connectivity index (χ4v) is 8.09. The Morgan fingerprint density at radius 1 is 1.54 bits per heavy atom. The van der Waals surface area contributed by atoms with Gasteiger partial charge in [-0.3, -0.25) is 0 Å². The SMILES string of the molecule is CCNCOCC([CH2][Sn][Br])SCC. The van der Waals surface area contributed by atoms with E-state index in [1.54, 1.807) is 0 Å². The minimum atomic E-state index is -0.241. The number of hydrogen-bond acceptors (Lipinski definition) is 3. The molecule has 5 heteroatoms. The van der Waals surface area contributed by atoms with E-state index in [0.717, 1.165) is 18.4 Å². The third kappa shape index (κ3) is 9.84. The van der Waals surface area contributed by atoms with Crippen LogP contribution in [-0.4, -0.2) is 49.8 Å². The number of nitrogens with one attached hydrogen (secondary N) is 1. The first kappa shape index (κ1) is 14.5. The van der Waals surface area contributed by atoms with Crippen LogP contribution in [0.25, 0.3) is 0 Å². The Morgan fingerprint density at radius 2 is 2.31 bits per heavy atom. The van der Waals surface area contributed by atoms with Gasteiger partial charge in [0.2, 0.25) is 0 Å². The molecule has 1 atom stereocenters. The van der Waals surface area contributed by atoms with Crippen LogP contribution in [0.5, 0.6) is 0 Å². The van der Waals surface area contributed by atoms with E-state index in [1.165, 1.54) is 10.2 Å². The fraction of sp³-hybridized carbons (Fsp3) is 1.00. The average Bonchev–Trinajstić information content (AvgIpc) is 2.13. The molecule has 13 heavy (non-hydrogen) atoms. The molecule has 0 aromatic heterocycles. The van der Waals surface area contributed by atoms with Crippen molar-refractivity contribution in [2.45, 2.75) is 23.5 Å². The summed E-state index contributed by atoms with van der Waals surface area (Å²) in [4.78, 5) is 0. The zero-order chi connectivity index (χ0) is 9.94. The van der Waals surface area contributed by atoms with Gasteiger partial charge in [0.25, 0.3) is 0 Å². The van der Waals surface area contributed by atoms with Crippen molar-refractivity contribution in [1.82, 2.24) is 5.32 Å². The zero-order valence-corrected chi connectivity index (χ0v) is 13.6. The van der Waals surface area contributed by atoms with Gasteiger partial charge < -0.3 is 0 Å². The molecule has 0 aliphatic rings. The molecule has 0 aliphatic heterocycles. The summed E-state index contributed by atoms with van der Waals surface area (Å²) in [6.45, 7) is 6.89. The summed E-state index contributed by atoms with van der Waals surface area (Å²) >= 11 is 5.41. The second kappa shape index (κ2) is 11.6. The van der Waals surface area contributed by atoms with E-state index in [0.29, 0.717) is 6.73 Å². The van der Waals surface area contributed by atoms with E-state index >= 15 is 0 Å².